The van der Waals surface area contributed by atoms with E-state index in [-0.39, 0.29) is 5.97 Å². The number of hydrogen-bond acceptors (Lipinski definition) is 3. The van der Waals surface area contributed by atoms with E-state index in [4.69, 9.17) is 4.74 Å². The highest BCUT2D eigenvalue weighted by molar-refractivity contribution is 5.95. The van der Waals surface area contributed by atoms with Gasteiger partial charge in [0.05, 0.1) is 12.6 Å². The minimum atomic E-state index is -0.319. The first-order valence-electron chi connectivity index (χ1n) is 6.71. The number of hydrogen-bond donors (Lipinski definition) is 0. The number of aryl methyl sites for hydroxylation is 2. The molecule has 0 amide bonds. The fraction of sp³-hybridized carbons (Fsp3) is 0.375. The van der Waals surface area contributed by atoms with Crippen molar-refractivity contribution in [3.05, 3.63) is 40.6 Å². The predicted octanol–water partition coefficient (Wildman–Crippen LogP) is 3.21. The smallest absolute Gasteiger partial charge is 0.356 e. The Labute approximate surface area is 112 Å². The second-order valence-electron chi connectivity index (χ2n) is 5.14. The third kappa shape index (κ3) is 1.99. The minimum absolute atomic E-state index is 0.319. The highest BCUT2D eigenvalue weighted by Gasteiger charge is 2.22. The Morgan fingerprint density at radius 1 is 1.21 bits per heavy atom. The van der Waals surface area contributed by atoms with E-state index in [1.165, 1.54) is 30.0 Å². The van der Waals surface area contributed by atoms with Crippen LogP contribution < -0.4 is 0 Å². The molecule has 1 aliphatic carbocycles. The van der Waals surface area contributed by atoms with E-state index in [9.17, 15) is 4.79 Å². The lowest BCUT2D eigenvalue weighted by Gasteiger charge is -2.20. The SMILES string of the molecule is COC(=O)c1nc2ccc(C)cc2c2c1CCCC2. The van der Waals surface area contributed by atoms with Crippen LogP contribution in [0.3, 0.4) is 0 Å². The first kappa shape index (κ1) is 12.2. The van der Waals surface area contributed by atoms with Gasteiger partial charge in [-0.05, 0) is 55.9 Å². The van der Waals surface area contributed by atoms with Crippen LogP contribution in [0.4, 0.5) is 0 Å². The molecule has 1 aliphatic rings. The molecule has 0 saturated heterocycles. The number of methoxy groups -OCH3 is 1. The van der Waals surface area contributed by atoms with Gasteiger partial charge >= 0.3 is 5.97 Å². The molecule has 1 aromatic carbocycles. The summed E-state index contributed by atoms with van der Waals surface area (Å²) in [5, 5.41) is 1.20. The molecule has 3 nitrogen and oxygen atoms in total. The largest absolute Gasteiger partial charge is 0.464 e. The van der Waals surface area contributed by atoms with Crippen LogP contribution >= 0.6 is 0 Å². The number of aromatic nitrogens is 1. The Morgan fingerprint density at radius 2 is 1.95 bits per heavy atom. The van der Waals surface area contributed by atoms with Gasteiger partial charge in [-0.25, -0.2) is 9.78 Å². The van der Waals surface area contributed by atoms with Gasteiger partial charge in [0.25, 0.3) is 0 Å². The van der Waals surface area contributed by atoms with Gasteiger partial charge in [-0.1, -0.05) is 11.6 Å². The summed E-state index contributed by atoms with van der Waals surface area (Å²) in [6.07, 6.45) is 4.26. The number of nitrogens with zero attached hydrogens (tertiary/aromatic N) is 1. The van der Waals surface area contributed by atoms with Crippen molar-refractivity contribution in [2.75, 3.05) is 7.11 Å². The van der Waals surface area contributed by atoms with Crippen molar-refractivity contribution in [1.29, 1.82) is 0 Å². The number of fused-ring (bicyclic) bond motifs is 3. The highest BCUT2D eigenvalue weighted by Crippen LogP contribution is 2.31. The molecule has 0 radical (unpaired) electrons. The standard InChI is InChI=1S/C16H17NO2/c1-10-7-8-14-13(9-10)11-5-3-4-6-12(11)15(17-14)16(18)19-2/h7-9H,3-6H2,1-2H3. The summed E-state index contributed by atoms with van der Waals surface area (Å²) in [5.41, 5.74) is 5.02. The predicted molar refractivity (Wildman–Crippen MR) is 74.5 cm³/mol. The first-order chi connectivity index (χ1) is 9.20. The van der Waals surface area contributed by atoms with Gasteiger partial charge in [0.2, 0.25) is 0 Å². The van der Waals surface area contributed by atoms with Crippen LogP contribution in [-0.4, -0.2) is 18.1 Å². The van der Waals surface area contributed by atoms with Crippen LogP contribution in [0.1, 0.15) is 40.0 Å². The molecule has 0 spiro atoms. The van der Waals surface area contributed by atoms with Crippen molar-refractivity contribution in [2.45, 2.75) is 32.6 Å². The zero-order chi connectivity index (χ0) is 13.4. The van der Waals surface area contributed by atoms with Gasteiger partial charge in [-0.3, -0.25) is 0 Å². The van der Waals surface area contributed by atoms with E-state index in [1.807, 2.05) is 12.1 Å². The Hall–Kier alpha value is -1.90. The first-order valence-corrected chi connectivity index (χ1v) is 6.71. The average Bonchev–Trinajstić information content (AvgIpc) is 2.46. The number of benzene rings is 1. The van der Waals surface area contributed by atoms with E-state index in [1.54, 1.807) is 0 Å². The second kappa shape index (κ2) is 4.65. The van der Waals surface area contributed by atoms with Gasteiger partial charge in [0, 0.05) is 5.39 Å². The van der Waals surface area contributed by atoms with Crippen LogP contribution in [0.2, 0.25) is 0 Å². The summed E-state index contributed by atoms with van der Waals surface area (Å²) < 4.78 is 4.87. The summed E-state index contributed by atoms with van der Waals surface area (Å²) in [5.74, 6) is -0.319. The number of rotatable bonds is 1. The zero-order valence-electron chi connectivity index (χ0n) is 11.3. The zero-order valence-corrected chi connectivity index (χ0v) is 11.3. The lowest BCUT2D eigenvalue weighted by Crippen LogP contribution is -2.15. The van der Waals surface area contributed by atoms with Crippen molar-refractivity contribution in [3.63, 3.8) is 0 Å². The fourth-order valence-electron chi connectivity index (χ4n) is 2.91. The van der Waals surface area contributed by atoms with Crippen LogP contribution in [0, 0.1) is 6.92 Å². The monoisotopic (exact) mass is 255 g/mol. The molecular formula is C16H17NO2. The molecule has 3 heteroatoms. The molecule has 0 aliphatic heterocycles. The van der Waals surface area contributed by atoms with Crippen molar-refractivity contribution >= 4 is 16.9 Å². The van der Waals surface area contributed by atoms with E-state index in [2.05, 4.69) is 18.0 Å². The topological polar surface area (TPSA) is 39.2 Å². The van der Waals surface area contributed by atoms with Crippen LogP contribution in [0.25, 0.3) is 10.9 Å². The summed E-state index contributed by atoms with van der Waals surface area (Å²) in [6, 6.07) is 6.20. The van der Waals surface area contributed by atoms with Crippen LogP contribution in [-0.2, 0) is 17.6 Å². The number of esters is 1. The molecule has 1 heterocycles. The fourth-order valence-corrected chi connectivity index (χ4v) is 2.91. The molecule has 0 saturated carbocycles. The quantitative estimate of drug-likeness (QED) is 0.734. The summed E-state index contributed by atoms with van der Waals surface area (Å²) >= 11 is 0. The van der Waals surface area contributed by atoms with Gasteiger partial charge in [0.1, 0.15) is 0 Å². The van der Waals surface area contributed by atoms with E-state index in [0.29, 0.717) is 5.69 Å². The molecule has 2 aromatic rings. The second-order valence-corrected chi connectivity index (χ2v) is 5.14. The van der Waals surface area contributed by atoms with Gasteiger partial charge in [0.15, 0.2) is 5.69 Å². The molecule has 0 unspecified atom stereocenters. The lowest BCUT2D eigenvalue weighted by molar-refractivity contribution is 0.0592. The maximum Gasteiger partial charge on any atom is 0.356 e. The summed E-state index contributed by atoms with van der Waals surface area (Å²) in [6.45, 7) is 2.09. The van der Waals surface area contributed by atoms with Crippen LogP contribution in [0.5, 0.6) is 0 Å². The summed E-state index contributed by atoms with van der Waals surface area (Å²) in [7, 11) is 1.42. The molecule has 1 aromatic heterocycles. The molecule has 0 N–H and O–H groups in total. The Bertz CT molecular complexity index is 661. The number of carbonyl (C=O) groups excluding carboxylic acids is 1. The number of ether oxygens (including phenoxy) is 1. The number of carbonyl (C=O) groups is 1. The van der Waals surface area contributed by atoms with Crippen molar-refractivity contribution in [2.24, 2.45) is 0 Å². The molecule has 98 valence electrons. The number of pyridine rings is 1. The molecule has 19 heavy (non-hydrogen) atoms. The minimum Gasteiger partial charge on any atom is -0.464 e. The Morgan fingerprint density at radius 3 is 2.68 bits per heavy atom. The molecule has 0 atom stereocenters. The van der Waals surface area contributed by atoms with Gasteiger partial charge in [-0.15, -0.1) is 0 Å². The average molecular weight is 255 g/mol. The third-order valence-electron chi connectivity index (χ3n) is 3.84. The van der Waals surface area contributed by atoms with E-state index < -0.39 is 0 Å². The van der Waals surface area contributed by atoms with Crippen molar-refractivity contribution < 1.29 is 9.53 Å². The van der Waals surface area contributed by atoms with E-state index in [0.717, 1.165) is 30.3 Å². The highest BCUT2D eigenvalue weighted by atomic mass is 16.5. The van der Waals surface area contributed by atoms with Crippen molar-refractivity contribution in [1.82, 2.24) is 4.98 Å². The Kier molecular flexibility index (Phi) is 2.97. The summed E-state index contributed by atoms with van der Waals surface area (Å²) in [4.78, 5) is 16.4. The third-order valence-corrected chi connectivity index (χ3v) is 3.84. The molecule has 3 rings (SSSR count). The molecular weight excluding hydrogens is 238 g/mol. The van der Waals surface area contributed by atoms with Gasteiger partial charge < -0.3 is 4.74 Å². The molecule has 0 fully saturated rings. The molecule has 0 bridgehead atoms. The lowest BCUT2D eigenvalue weighted by atomic mass is 9.87. The van der Waals surface area contributed by atoms with E-state index >= 15 is 0 Å². The van der Waals surface area contributed by atoms with Crippen LogP contribution in [0.15, 0.2) is 18.2 Å². The Balaban J connectivity index is 2.34. The maximum atomic E-state index is 11.9. The maximum absolute atomic E-state index is 11.9. The normalized spacial score (nSPS) is 14.2. The van der Waals surface area contributed by atoms with Crippen molar-refractivity contribution in [3.8, 4) is 0 Å². The van der Waals surface area contributed by atoms with Gasteiger partial charge in [-0.2, -0.15) is 0 Å².